The highest BCUT2D eigenvalue weighted by Crippen LogP contribution is 2.39. The minimum Gasteiger partial charge on any atom is -0.381 e. The Labute approximate surface area is 183 Å². The molecule has 6 heterocycles. The molecule has 4 aliphatic heterocycles. The van der Waals surface area contributed by atoms with Gasteiger partial charge in [-0.1, -0.05) is 6.07 Å². The second kappa shape index (κ2) is 7.71. The largest absolute Gasteiger partial charge is 0.381 e. The van der Waals surface area contributed by atoms with Gasteiger partial charge in [-0.3, -0.25) is 14.7 Å². The molecule has 0 unspecified atom stereocenters. The number of ether oxygens (including phenoxy) is 1. The Bertz CT molecular complexity index is 991. The molecular weight excluding hydrogens is 390 g/mol. The number of hydrogen-bond acceptors (Lipinski definition) is 6. The van der Waals surface area contributed by atoms with Gasteiger partial charge in [0.05, 0.1) is 12.8 Å². The quantitative estimate of drug-likeness (QED) is 0.758. The molecule has 0 aliphatic carbocycles. The van der Waals surface area contributed by atoms with E-state index in [9.17, 15) is 4.79 Å². The highest BCUT2D eigenvalue weighted by Gasteiger charge is 2.39. The van der Waals surface area contributed by atoms with Gasteiger partial charge >= 0.3 is 0 Å². The minimum absolute atomic E-state index is 0.227. The fraction of sp³-hybridized carbons (Fsp3) is 0.625. The molecule has 2 aromatic rings. The Morgan fingerprint density at radius 1 is 1.10 bits per heavy atom. The molecule has 0 amide bonds. The number of nitrogens with zero attached hydrogens (tertiary/aromatic N) is 5. The van der Waals surface area contributed by atoms with Gasteiger partial charge in [0.1, 0.15) is 5.82 Å². The number of hydrogen-bond donors (Lipinski definition) is 0. The van der Waals surface area contributed by atoms with Crippen LogP contribution in [0, 0.1) is 11.3 Å². The first-order valence-electron chi connectivity index (χ1n) is 11.7. The smallest absolute Gasteiger partial charge is 0.255 e. The molecule has 2 bridgehead atoms. The van der Waals surface area contributed by atoms with Crippen molar-refractivity contribution in [1.29, 1.82) is 0 Å². The highest BCUT2D eigenvalue weighted by molar-refractivity contribution is 5.38. The van der Waals surface area contributed by atoms with Crippen LogP contribution in [0.4, 0.5) is 5.82 Å². The maximum Gasteiger partial charge on any atom is 0.255 e. The first-order chi connectivity index (χ1) is 15.2. The van der Waals surface area contributed by atoms with Crippen LogP contribution in [0.3, 0.4) is 0 Å². The molecule has 4 aliphatic rings. The van der Waals surface area contributed by atoms with E-state index in [-0.39, 0.29) is 5.56 Å². The van der Waals surface area contributed by atoms with Gasteiger partial charge in [-0.25, -0.2) is 4.98 Å². The fourth-order valence-electron chi connectivity index (χ4n) is 6.22. The van der Waals surface area contributed by atoms with Crippen LogP contribution in [0.15, 0.2) is 35.5 Å². The Morgan fingerprint density at radius 2 is 2.00 bits per heavy atom. The molecule has 6 rings (SSSR count). The zero-order chi connectivity index (χ0) is 20.8. The van der Waals surface area contributed by atoms with E-state index in [0.717, 1.165) is 70.3 Å². The zero-order valence-electron chi connectivity index (χ0n) is 18.1. The summed E-state index contributed by atoms with van der Waals surface area (Å²) in [5.74, 6) is 1.81. The summed E-state index contributed by atoms with van der Waals surface area (Å²) in [6.45, 7) is 7.43. The third-order valence-electron chi connectivity index (χ3n) is 8.05. The summed E-state index contributed by atoms with van der Waals surface area (Å²) >= 11 is 0. The lowest BCUT2D eigenvalue weighted by molar-refractivity contribution is 0.0770. The number of rotatable bonds is 3. The van der Waals surface area contributed by atoms with E-state index in [2.05, 4.69) is 36.5 Å². The summed E-state index contributed by atoms with van der Waals surface area (Å²) in [4.78, 5) is 26.9. The summed E-state index contributed by atoms with van der Waals surface area (Å²) in [7, 11) is 0. The molecular formula is C24H31N5O2. The molecule has 0 N–H and O–H groups in total. The summed E-state index contributed by atoms with van der Waals surface area (Å²) in [5, 5.41) is 0. The maximum absolute atomic E-state index is 13.4. The van der Waals surface area contributed by atoms with Gasteiger partial charge in [0, 0.05) is 62.4 Å². The molecule has 7 nitrogen and oxygen atoms in total. The van der Waals surface area contributed by atoms with E-state index in [0.29, 0.717) is 17.3 Å². The van der Waals surface area contributed by atoms with Gasteiger partial charge in [0.2, 0.25) is 0 Å². The molecule has 1 spiro atoms. The summed E-state index contributed by atoms with van der Waals surface area (Å²) in [6.07, 6.45) is 10.1. The van der Waals surface area contributed by atoms with Crippen molar-refractivity contribution in [2.24, 2.45) is 11.3 Å². The molecule has 2 aromatic heterocycles. The SMILES string of the molecule is O=c1c(CN2CCC3(CCOC3)CC2)ccc2n1C[C@H]1C[C@@H]2CN(c2cnccn2)C1. The predicted molar refractivity (Wildman–Crippen MR) is 118 cm³/mol. The van der Waals surface area contributed by atoms with Crippen LogP contribution >= 0.6 is 0 Å². The fourth-order valence-corrected chi connectivity index (χ4v) is 6.22. The lowest BCUT2D eigenvalue weighted by Crippen LogP contribution is -2.48. The van der Waals surface area contributed by atoms with E-state index in [4.69, 9.17) is 4.74 Å². The van der Waals surface area contributed by atoms with E-state index in [1.54, 1.807) is 12.4 Å². The number of fused-ring (bicyclic) bond motifs is 4. The van der Waals surface area contributed by atoms with Crippen molar-refractivity contribution < 1.29 is 4.74 Å². The Morgan fingerprint density at radius 3 is 2.77 bits per heavy atom. The number of piperidine rings is 2. The molecule has 0 radical (unpaired) electrons. The van der Waals surface area contributed by atoms with Crippen LogP contribution in [0.2, 0.25) is 0 Å². The summed E-state index contributed by atoms with van der Waals surface area (Å²) in [5.41, 5.74) is 2.78. The zero-order valence-corrected chi connectivity index (χ0v) is 18.1. The lowest BCUT2D eigenvalue weighted by atomic mass is 9.78. The van der Waals surface area contributed by atoms with Gasteiger partial charge in [0.15, 0.2) is 0 Å². The van der Waals surface area contributed by atoms with Gasteiger partial charge in [-0.2, -0.15) is 0 Å². The monoisotopic (exact) mass is 421 g/mol. The third kappa shape index (κ3) is 3.57. The third-order valence-corrected chi connectivity index (χ3v) is 8.05. The van der Waals surface area contributed by atoms with Crippen molar-refractivity contribution in [2.45, 2.75) is 44.7 Å². The Balaban J connectivity index is 1.18. The van der Waals surface area contributed by atoms with Crippen LogP contribution in [-0.4, -0.2) is 58.8 Å². The average molecular weight is 422 g/mol. The van der Waals surface area contributed by atoms with Gasteiger partial charge < -0.3 is 14.2 Å². The van der Waals surface area contributed by atoms with Crippen molar-refractivity contribution in [3.8, 4) is 0 Å². The molecule has 3 fully saturated rings. The Kier molecular flexibility index (Phi) is 4.83. The number of likely N-dealkylation sites (tertiary alicyclic amines) is 1. The van der Waals surface area contributed by atoms with E-state index < -0.39 is 0 Å². The molecule has 31 heavy (non-hydrogen) atoms. The lowest BCUT2D eigenvalue weighted by Gasteiger charge is -2.43. The Hall–Kier alpha value is -2.25. The highest BCUT2D eigenvalue weighted by atomic mass is 16.5. The van der Waals surface area contributed by atoms with Crippen LogP contribution in [0.5, 0.6) is 0 Å². The van der Waals surface area contributed by atoms with Gasteiger partial charge in [0.25, 0.3) is 5.56 Å². The van der Waals surface area contributed by atoms with Crippen molar-refractivity contribution in [2.75, 3.05) is 44.3 Å². The van der Waals surface area contributed by atoms with Crippen molar-refractivity contribution >= 4 is 5.82 Å². The first-order valence-corrected chi connectivity index (χ1v) is 11.7. The van der Waals surface area contributed by atoms with Crippen LogP contribution < -0.4 is 10.5 Å². The van der Waals surface area contributed by atoms with Gasteiger partial charge in [-0.05, 0) is 56.2 Å². The number of anilines is 1. The predicted octanol–water partition coefficient (Wildman–Crippen LogP) is 2.26. The normalized spacial score (nSPS) is 27.4. The van der Waals surface area contributed by atoms with Crippen molar-refractivity contribution in [1.82, 2.24) is 19.4 Å². The van der Waals surface area contributed by atoms with E-state index >= 15 is 0 Å². The summed E-state index contributed by atoms with van der Waals surface area (Å²) in [6, 6.07) is 4.31. The van der Waals surface area contributed by atoms with Crippen molar-refractivity contribution in [3.63, 3.8) is 0 Å². The number of aromatic nitrogens is 3. The molecule has 3 saturated heterocycles. The maximum atomic E-state index is 13.4. The molecule has 7 heteroatoms. The summed E-state index contributed by atoms with van der Waals surface area (Å²) < 4.78 is 7.74. The molecule has 164 valence electrons. The standard InChI is InChI=1S/C24H31N5O2/c30-23-19(15-27-8-3-24(4-9-27)5-10-31-17-24)1-2-21-20-11-18(14-29(21)23)13-28(16-20)22-12-25-6-7-26-22/h1-2,6-7,12,18,20H,3-5,8-11,13-17H2/t18-,20+/m0/s1. The van der Waals surface area contributed by atoms with Gasteiger partial charge in [-0.15, -0.1) is 0 Å². The van der Waals surface area contributed by atoms with Crippen LogP contribution in [-0.2, 0) is 17.8 Å². The first kappa shape index (κ1) is 19.4. The van der Waals surface area contributed by atoms with E-state index in [1.807, 2.05) is 6.20 Å². The van der Waals surface area contributed by atoms with Crippen LogP contribution in [0.25, 0.3) is 0 Å². The molecule has 2 atom stereocenters. The molecule has 0 saturated carbocycles. The second-order valence-electron chi connectivity index (χ2n) is 10.0. The van der Waals surface area contributed by atoms with E-state index in [1.165, 1.54) is 25.0 Å². The minimum atomic E-state index is 0.227. The van der Waals surface area contributed by atoms with Crippen molar-refractivity contribution in [3.05, 3.63) is 52.3 Å². The second-order valence-corrected chi connectivity index (χ2v) is 10.0. The topological polar surface area (TPSA) is 63.5 Å². The average Bonchev–Trinajstić information content (AvgIpc) is 3.26. The number of pyridine rings is 1. The molecule has 0 aromatic carbocycles. The van der Waals surface area contributed by atoms with Crippen LogP contribution in [0.1, 0.15) is 42.9 Å².